The molecule has 3 rings (SSSR count). The van der Waals surface area contributed by atoms with Gasteiger partial charge in [-0.05, 0) is 48.9 Å². The Kier molecular flexibility index (Phi) is 5.76. The zero-order chi connectivity index (χ0) is 19.6. The van der Waals surface area contributed by atoms with E-state index in [1.165, 1.54) is 22.3 Å². The fraction of sp³-hybridized carbons (Fsp3) is 0.333. The largest absolute Gasteiger partial charge is 0.417 e. The molecule has 9 heteroatoms. The molecule has 0 saturated carbocycles. The summed E-state index contributed by atoms with van der Waals surface area (Å²) < 4.78 is 39.0. The van der Waals surface area contributed by atoms with Crippen LogP contribution in [0.2, 0.25) is 5.02 Å². The molecule has 2 aromatic rings. The average molecular weight is 417 g/mol. The van der Waals surface area contributed by atoms with Gasteiger partial charge in [-0.15, -0.1) is 11.3 Å². The lowest BCUT2D eigenvalue weighted by Crippen LogP contribution is -2.49. The van der Waals surface area contributed by atoms with Crippen molar-refractivity contribution in [3.05, 3.63) is 51.2 Å². The van der Waals surface area contributed by atoms with Crippen LogP contribution < -0.4 is 5.32 Å². The molecule has 0 aliphatic carbocycles. The number of amides is 2. The van der Waals surface area contributed by atoms with E-state index in [-0.39, 0.29) is 11.6 Å². The quantitative estimate of drug-likeness (QED) is 0.760. The molecular formula is C18H16ClF3N2O2S. The van der Waals surface area contributed by atoms with Crippen LogP contribution in [0.3, 0.4) is 0 Å². The molecule has 1 atom stereocenters. The Bertz CT molecular complexity index is 840. The maximum Gasteiger partial charge on any atom is 0.417 e. The first-order valence-corrected chi connectivity index (χ1v) is 9.55. The van der Waals surface area contributed by atoms with Crippen LogP contribution >= 0.6 is 22.9 Å². The van der Waals surface area contributed by atoms with Gasteiger partial charge in [0.05, 0.1) is 15.5 Å². The van der Waals surface area contributed by atoms with E-state index in [4.69, 9.17) is 11.6 Å². The Hall–Kier alpha value is -2.06. The third-order valence-electron chi connectivity index (χ3n) is 4.34. The molecule has 1 aromatic heterocycles. The molecule has 144 valence electrons. The predicted molar refractivity (Wildman–Crippen MR) is 98.1 cm³/mol. The molecule has 0 unspecified atom stereocenters. The van der Waals surface area contributed by atoms with Crippen molar-refractivity contribution >= 4 is 40.4 Å². The Morgan fingerprint density at radius 1 is 1.22 bits per heavy atom. The maximum absolute atomic E-state index is 13.0. The van der Waals surface area contributed by atoms with Crippen LogP contribution in [0.5, 0.6) is 0 Å². The first kappa shape index (κ1) is 19.7. The SMILES string of the molecule is O=C(Nc1ccc(Cl)c(C(F)(F)F)c1)[C@@H]1CCCCN1C(=O)c1cccs1. The summed E-state index contributed by atoms with van der Waals surface area (Å²) in [4.78, 5) is 27.4. The number of nitrogens with one attached hydrogen (secondary N) is 1. The summed E-state index contributed by atoms with van der Waals surface area (Å²) in [5, 5.41) is 3.83. The van der Waals surface area contributed by atoms with Crippen LogP contribution in [0.4, 0.5) is 18.9 Å². The highest BCUT2D eigenvalue weighted by atomic mass is 35.5. The van der Waals surface area contributed by atoms with Crippen molar-refractivity contribution in [3.63, 3.8) is 0 Å². The summed E-state index contributed by atoms with van der Waals surface area (Å²) in [7, 11) is 0. The van der Waals surface area contributed by atoms with E-state index >= 15 is 0 Å². The third-order valence-corrected chi connectivity index (χ3v) is 5.53. The minimum atomic E-state index is -4.62. The van der Waals surface area contributed by atoms with Crippen molar-refractivity contribution in [1.82, 2.24) is 4.90 Å². The number of thiophene rings is 1. The Balaban J connectivity index is 1.79. The highest BCUT2D eigenvalue weighted by molar-refractivity contribution is 7.12. The van der Waals surface area contributed by atoms with Crippen LogP contribution in [-0.2, 0) is 11.0 Å². The molecule has 1 aliphatic heterocycles. The number of nitrogens with zero attached hydrogens (tertiary/aromatic N) is 1. The molecule has 0 radical (unpaired) electrons. The number of anilines is 1. The van der Waals surface area contributed by atoms with Gasteiger partial charge in [0.25, 0.3) is 5.91 Å². The lowest BCUT2D eigenvalue weighted by Gasteiger charge is -2.34. The number of piperidine rings is 1. The molecule has 2 heterocycles. The zero-order valence-corrected chi connectivity index (χ0v) is 15.6. The number of halogens is 4. The van der Waals surface area contributed by atoms with Crippen molar-refractivity contribution in [1.29, 1.82) is 0 Å². The number of benzene rings is 1. The fourth-order valence-corrected chi connectivity index (χ4v) is 3.94. The summed E-state index contributed by atoms with van der Waals surface area (Å²) in [5.41, 5.74) is -1.03. The molecule has 2 amide bonds. The Labute approximate surface area is 162 Å². The van der Waals surface area contributed by atoms with Crippen molar-refractivity contribution in [2.75, 3.05) is 11.9 Å². The van der Waals surface area contributed by atoms with Crippen LogP contribution in [-0.4, -0.2) is 29.3 Å². The van der Waals surface area contributed by atoms with Crippen LogP contribution in [0.15, 0.2) is 35.7 Å². The first-order valence-electron chi connectivity index (χ1n) is 8.29. The van der Waals surface area contributed by atoms with E-state index in [9.17, 15) is 22.8 Å². The normalized spacial score (nSPS) is 17.6. The molecule has 1 saturated heterocycles. The van der Waals surface area contributed by atoms with Gasteiger partial charge in [-0.3, -0.25) is 9.59 Å². The van der Waals surface area contributed by atoms with Gasteiger partial charge in [0.15, 0.2) is 0 Å². The van der Waals surface area contributed by atoms with Gasteiger partial charge in [-0.2, -0.15) is 13.2 Å². The fourth-order valence-electron chi connectivity index (χ4n) is 3.03. The maximum atomic E-state index is 13.0. The number of carbonyl (C=O) groups excluding carboxylic acids is 2. The Morgan fingerprint density at radius 3 is 2.67 bits per heavy atom. The summed E-state index contributed by atoms with van der Waals surface area (Å²) >= 11 is 6.89. The summed E-state index contributed by atoms with van der Waals surface area (Å²) in [6.07, 6.45) is -2.62. The van der Waals surface area contributed by atoms with Gasteiger partial charge in [-0.1, -0.05) is 17.7 Å². The average Bonchev–Trinajstić information content (AvgIpc) is 3.16. The number of rotatable bonds is 3. The topological polar surface area (TPSA) is 49.4 Å². The molecule has 1 aromatic carbocycles. The highest BCUT2D eigenvalue weighted by Crippen LogP contribution is 2.36. The van der Waals surface area contributed by atoms with E-state index in [2.05, 4.69) is 5.32 Å². The Morgan fingerprint density at radius 2 is 2.00 bits per heavy atom. The summed E-state index contributed by atoms with van der Waals surface area (Å²) in [6, 6.07) is 5.92. The number of hydrogen-bond acceptors (Lipinski definition) is 3. The van der Waals surface area contributed by atoms with Crippen LogP contribution in [0.1, 0.15) is 34.5 Å². The van der Waals surface area contributed by atoms with E-state index in [0.29, 0.717) is 17.8 Å². The van der Waals surface area contributed by atoms with Crippen molar-refractivity contribution in [2.45, 2.75) is 31.5 Å². The van der Waals surface area contributed by atoms with Gasteiger partial charge >= 0.3 is 6.18 Å². The van der Waals surface area contributed by atoms with Gasteiger partial charge in [0.2, 0.25) is 5.91 Å². The van der Waals surface area contributed by atoms with Gasteiger partial charge in [0.1, 0.15) is 6.04 Å². The minimum absolute atomic E-state index is 0.00850. The summed E-state index contributed by atoms with van der Waals surface area (Å²) in [6.45, 7) is 0.434. The zero-order valence-electron chi connectivity index (χ0n) is 14.1. The van der Waals surface area contributed by atoms with E-state index in [0.717, 1.165) is 25.0 Å². The summed E-state index contributed by atoms with van der Waals surface area (Å²) in [5.74, 6) is -0.744. The molecule has 1 aliphatic rings. The van der Waals surface area contributed by atoms with E-state index < -0.39 is 28.7 Å². The van der Waals surface area contributed by atoms with Crippen molar-refractivity contribution < 1.29 is 22.8 Å². The van der Waals surface area contributed by atoms with E-state index in [1.807, 2.05) is 0 Å². The molecule has 4 nitrogen and oxygen atoms in total. The lowest BCUT2D eigenvalue weighted by atomic mass is 10.0. The number of carbonyl (C=O) groups is 2. The molecule has 0 bridgehead atoms. The lowest BCUT2D eigenvalue weighted by molar-refractivity contribution is -0.137. The third kappa shape index (κ3) is 4.44. The van der Waals surface area contributed by atoms with Crippen molar-refractivity contribution in [3.8, 4) is 0 Å². The first-order chi connectivity index (χ1) is 12.8. The van der Waals surface area contributed by atoms with Crippen LogP contribution in [0, 0.1) is 0 Å². The van der Waals surface area contributed by atoms with Gasteiger partial charge < -0.3 is 10.2 Å². The second-order valence-corrected chi connectivity index (χ2v) is 7.52. The van der Waals surface area contributed by atoms with Crippen LogP contribution in [0.25, 0.3) is 0 Å². The standard InChI is InChI=1S/C18H16ClF3N2O2S/c19-13-7-6-11(10-12(13)18(20,21)22)23-16(25)14-4-1-2-8-24(14)17(26)15-5-3-9-27-15/h3,5-7,9-10,14H,1-2,4,8H2,(H,23,25)/t14-/m0/s1. The molecule has 0 spiro atoms. The molecule has 1 fully saturated rings. The highest BCUT2D eigenvalue weighted by Gasteiger charge is 2.35. The minimum Gasteiger partial charge on any atom is -0.326 e. The molecule has 1 N–H and O–H groups in total. The number of hydrogen-bond donors (Lipinski definition) is 1. The van der Waals surface area contributed by atoms with Crippen molar-refractivity contribution in [2.24, 2.45) is 0 Å². The van der Waals surface area contributed by atoms with E-state index in [1.54, 1.807) is 17.5 Å². The molecular weight excluding hydrogens is 401 g/mol. The second kappa shape index (κ2) is 7.90. The number of alkyl halides is 3. The monoisotopic (exact) mass is 416 g/mol. The van der Waals surface area contributed by atoms with Gasteiger partial charge in [-0.25, -0.2) is 0 Å². The molecule has 27 heavy (non-hydrogen) atoms. The number of likely N-dealkylation sites (tertiary alicyclic amines) is 1. The predicted octanol–water partition coefficient (Wildman–Crippen LogP) is 5.05. The second-order valence-electron chi connectivity index (χ2n) is 6.17. The van der Waals surface area contributed by atoms with Gasteiger partial charge in [0, 0.05) is 12.2 Å². The smallest absolute Gasteiger partial charge is 0.326 e.